The minimum Gasteiger partial charge on any atom is -0.341 e. The van der Waals surface area contributed by atoms with Crippen LogP contribution in [0.4, 0.5) is 5.95 Å². The van der Waals surface area contributed by atoms with Gasteiger partial charge in [0.1, 0.15) is 5.82 Å². The van der Waals surface area contributed by atoms with E-state index in [1.54, 1.807) is 0 Å². The summed E-state index contributed by atoms with van der Waals surface area (Å²) in [5.74, 6) is 1.21. The van der Waals surface area contributed by atoms with Crippen LogP contribution in [0.25, 0.3) is 22.3 Å². The number of hydrogen-bond donors (Lipinski definition) is 0. The molecule has 1 aromatic carbocycles. The first kappa shape index (κ1) is 14.5. The number of hydrogen-bond acceptors (Lipinski definition) is 4. The number of piperidine rings is 1. The molecular weight excluding hydrogens is 312 g/mol. The lowest BCUT2D eigenvalue weighted by atomic mass is 10.1. The van der Waals surface area contributed by atoms with E-state index in [2.05, 4.69) is 14.9 Å². The molecule has 0 amide bonds. The number of anilines is 1. The number of fused-ring (bicyclic) bond motifs is 2. The van der Waals surface area contributed by atoms with Gasteiger partial charge in [0.15, 0.2) is 0 Å². The Morgan fingerprint density at radius 2 is 1.87 bits per heavy atom. The quantitative estimate of drug-likeness (QED) is 0.644. The standard InChI is InChI=1S/C17H17ClN4O/c1-21-14-6-5-12(18)9-11(14)10-13-15(21)19-17(20-16(13)23)22-7-3-2-4-8-22/h5-6,9-10H,2-4,7-8H2,1H3. The van der Waals surface area contributed by atoms with Gasteiger partial charge in [0, 0.05) is 36.1 Å². The van der Waals surface area contributed by atoms with Crippen molar-refractivity contribution in [2.75, 3.05) is 18.0 Å². The highest BCUT2D eigenvalue weighted by molar-refractivity contribution is 6.31. The Labute approximate surface area is 138 Å². The van der Waals surface area contributed by atoms with Gasteiger partial charge in [-0.15, -0.1) is 0 Å². The van der Waals surface area contributed by atoms with Crippen molar-refractivity contribution in [3.05, 3.63) is 39.6 Å². The van der Waals surface area contributed by atoms with Gasteiger partial charge in [-0.3, -0.25) is 4.79 Å². The summed E-state index contributed by atoms with van der Waals surface area (Å²) >= 11 is 6.06. The van der Waals surface area contributed by atoms with E-state index in [4.69, 9.17) is 11.6 Å². The van der Waals surface area contributed by atoms with Crippen LogP contribution in [0.1, 0.15) is 19.3 Å². The zero-order valence-electron chi connectivity index (χ0n) is 12.9. The number of aryl methyl sites for hydroxylation is 1. The molecule has 0 radical (unpaired) electrons. The second-order valence-electron chi connectivity index (χ2n) is 6.02. The zero-order chi connectivity index (χ0) is 16.0. The second kappa shape index (κ2) is 5.49. The summed E-state index contributed by atoms with van der Waals surface area (Å²) in [6.45, 7) is 1.83. The minimum absolute atomic E-state index is 0.229. The molecule has 0 bridgehead atoms. The van der Waals surface area contributed by atoms with Crippen LogP contribution >= 0.6 is 11.6 Å². The van der Waals surface area contributed by atoms with Crippen LogP contribution in [0.15, 0.2) is 29.1 Å². The molecule has 1 fully saturated rings. The minimum atomic E-state index is -0.229. The lowest BCUT2D eigenvalue weighted by Crippen LogP contribution is -2.33. The Morgan fingerprint density at radius 1 is 1.09 bits per heavy atom. The number of nitrogens with zero attached hydrogens (tertiary/aromatic N) is 4. The first-order chi connectivity index (χ1) is 11.1. The third-order valence-electron chi connectivity index (χ3n) is 4.49. The molecule has 3 heterocycles. The summed E-state index contributed by atoms with van der Waals surface area (Å²) in [4.78, 5) is 23.5. The van der Waals surface area contributed by atoms with Gasteiger partial charge in [-0.1, -0.05) is 11.6 Å². The second-order valence-corrected chi connectivity index (χ2v) is 6.46. The molecule has 0 atom stereocenters. The van der Waals surface area contributed by atoms with E-state index in [1.165, 1.54) is 6.42 Å². The van der Waals surface area contributed by atoms with E-state index in [0.29, 0.717) is 22.4 Å². The lowest BCUT2D eigenvalue weighted by molar-refractivity contribution is 0.567. The SMILES string of the molecule is Cn1c2nc(N3CCCCC3)nc(=O)c-2cc2cc(Cl)ccc21. The number of benzene rings is 1. The molecular formula is C17H17ClN4O. The molecule has 118 valence electrons. The average Bonchev–Trinajstić information content (AvgIpc) is 2.56. The van der Waals surface area contributed by atoms with E-state index in [1.807, 2.05) is 35.9 Å². The average molecular weight is 329 g/mol. The first-order valence-electron chi connectivity index (χ1n) is 7.85. The van der Waals surface area contributed by atoms with Crippen molar-refractivity contribution in [3.8, 4) is 11.4 Å². The van der Waals surface area contributed by atoms with Gasteiger partial charge < -0.3 is 9.47 Å². The Morgan fingerprint density at radius 3 is 2.65 bits per heavy atom. The Kier molecular flexibility index (Phi) is 3.45. The first-order valence-corrected chi connectivity index (χ1v) is 8.23. The van der Waals surface area contributed by atoms with Gasteiger partial charge >= 0.3 is 0 Å². The fraction of sp³-hybridized carbons (Fsp3) is 0.353. The summed E-state index contributed by atoms with van der Waals surface area (Å²) in [5, 5.41) is 1.56. The molecule has 6 heteroatoms. The van der Waals surface area contributed by atoms with Crippen LogP contribution in [0.2, 0.25) is 5.02 Å². The summed E-state index contributed by atoms with van der Waals surface area (Å²) in [5.41, 5.74) is 1.29. The monoisotopic (exact) mass is 328 g/mol. The van der Waals surface area contributed by atoms with Crippen LogP contribution in [0.3, 0.4) is 0 Å². The van der Waals surface area contributed by atoms with Gasteiger partial charge in [0.2, 0.25) is 5.95 Å². The number of aromatic nitrogens is 3. The van der Waals surface area contributed by atoms with E-state index in [0.717, 1.165) is 36.8 Å². The molecule has 0 aromatic heterocycles. The highest BCUT2D eigenvalue weighted by Gasteiger charge is 2.20. The van der Waals surface area contributed by atoms with E-state index in [9.17, 15) is 4.79 Å². The predicted molar refractivity (Wildman–Crippen MR) is 92.5 cm³/mol. The smallest absolute Gasteiger partial charge is 0.284 e. The zero-order valence-corrected chi connectivity index (χ0v) is 13.7. The summed E-state index contributed by atoms with van der Waals surface area (Å²) < 4.78 is 1.94. The summed E-state index contributed by atoms with van der Waals surface area (Å²) in [6, 6.07) is 7.48. The molecule has 1 saturated heterocycles. The largest absolute Gasteiger partial charge is 0.341 e. The molecule has 0 N–H and O–H groups in total. The van der Waals surface area contributed by atoms with Crippen LogP contribution in [0.5, 0.6) is 0 Å². The van der Waals surface area contributed by atoms with Gasteiger partial charge in [0.25, 0.3) is 5.56 Å². The third kappa shape index (κ3) is 2.45. The predicted octanol–water partition coefficient (Wildman–Crippen LogP) is 3.08. The highest BCUT2D eigenvalue weighted by Crippen LogP contribution is 2.27. The molecule has 0 unspecified atom stereocenters. The molecule has 23 heavy (non-hydrogen) atoms. The van der Waals surface area contributed by atoms with Gasteiger partial charge in [-0.2, -0.15) is 9.97 Å². The van der Waals surface area contributed by atoms with Crippen molar-refractivity contribution in [1.29, 1.82) is 0 Å². The maximum absolute atomic E-state index is 12.5. The number of halogens is 1. The maximum atomic E-state index is 12.5. The molecule has 0 spiro atoms. The van der Waals surface area contributed by atoms with E-state index in [-0.39, 0.29) is 5.56 Å². The highest BCUT2D eigenvalue weighted by atomic mass is 35.5. The van der Waals surface area contributed by atoms with Crippen molar-refractivity contribution < 1.29 is 0 Å². The number of pyridine rings is 1. The number of rotatable bonds is 1. The molecule has 3 aliphatic rings. The van der Waals surface area contributed by atoms with E-state index >= 15 is 0 Å². The third-order valence-corrected chi connectivity index (χ3v) is 4.72. The summed E-state index contributed by atoms with van der Waals surface area (Å²) in [7, 11) is 1.92. The van der Waals surface area contributed by atoms with Gasteiger partial charge in [-0.05, 0) is 43.5 Å². The normalized spacial score (nSPS) is 15.5. The van der Waals surface area contributed by atoms with Crippen LogP contribution < -0.4 is 10.5 Å². The molecule has 5 nitrogen and oxygen atoms in total. The van der Waals surface area contributed by atoms with Crippen molar-refractivity contribution in [1.82, 2.24) is 14.5 Å². The summed E-state index contributed by atoms with van der Waals surface area (Å²) in [6.07, 6.45) is 3.48. The fourth-order valence-corrected chi connectivity index (χ4v) is 3.44. The van der Waals surface area contributed by atoms with Crippen molar-refractivity contribution >= 4 is 28.5 Å². The molecule has 0 aliphatic carbocycles. The van der Waals surface area contributed by atoms with Crippen LogP contribution in [0, 0.1) is 0 Å². The van der Waals surface area contributed by atoms with E-state index < -0.39 is 0 Å². The Balaban J connectivity index is 1.96. The Hall–Kier alpha value is -2.14. The van der Waals surface area contributed by atoms with Crippen molar-refractivity contribution in [3.63, 3.8) is 0 Å². The maximum Gasteiger partial charge on any atom is 0.284 e. The Bertz CT molecular complexity index is 914. The van der Waals surface area contributed by atoms with Crippen LogP contribution in [-0.4, -0.2) is 27.6 Å². The fourth-order valence-electron chi connectivity index (χ4n) is 3.26. The van der Waals surface area contributed by atoms with Crippen molar-refractivity contribution in [2.24, 2.45) is 7.05 Å². The molecule has 4 rings (SSSR count). The molecule has 3 aliphatic heterocycles. The lowest BCUT2D eigenvalue weighted by Gasteiger charge is -2.27. The molecule has 1 aromatic rings. The topological polar surface area (TPSA) is 51.0 Å². The molecule has 0 saturated carbocycles. The van der Waals surface area contributed by atoms with Gasteiger partial charge in [-0.25, -0.2) is 0 Å². The van der Waals surface area contributed by atoms with Crippen LogP contribution in [-0.2, 0) is 7.05 Å². The van der Waals surface area contributed by atoms with Crippen molar-refractivity contribution in [2.45, 2.75) is 19.3 Å². The van der Waals surface area contributed by atoms with Gasteiger partial charge in [0.05, 0.1) is 5.56 Å².